The summed E-state index contributed by atoms with van der Waals surface area (Å²) in [6, 6.07) is 36.5. The van der Waals surface area contributed by atoms with Crippen LogP contribution in [0.5, 0.6) is 0 Å². The van der Waals surface area contributed by atoms with Crippen molar-refractivity contribution in [3.63, 3.8) is 0 Å². The maximum absolute atomic E-state index is 4.98. The van der Waals surface area contributed by atoms with E-state index in [1.807, 2.05) is 91.0 Å². The first-order valence-corrected chi connectivity index (χ1v) is 11.5. The second-order valence-electron chi connectivity index (χ2n) is 7.58. The van der Waals surface area contributed by atoms with Gasteiger partial charge in [0.1, 0.15) is 5.01 Å². The van der Waals surface area contributed by atoms with E-state index in [1.165, 1.54) is 0 Å². The molecule has 6 aromatic rings. The van der Waals surface area contributed by atoms with Crippen LogP contribution >= 0.6 is 11.3 Å². The second-order valence-corrected chi connectivity index (χ2v) is 8.61. The van der Waals surface area contributed by atoms with E-state index < -0.39 is 0 Å². The van der Waals surface area contributed by atoms with E-state index >= 15 is 0 Å². The number of hydrogen-bond acceptors (Lipinski definition) is 5. The van der Waals surface area contributed by atoms with Crippen molar-refractivity contribution in [1.82, 2.24) is 19.9 Å². The maximum Gasteiger partial charge on any atom is 0.166 e. The molecule has 0 fully saturated rings. The van der Waals surface area contributed by atoms with E-state index in [1.54, 1.807) is 11.3 Å². The van der Waals surface area contributed by atoms with E-state index in [2.05, 4.69) is 18.2 Å². The quantitative estimate of drug-likeness (QED) is 0.291. The second kappa shape index (κ2) is 8.37. The zero-order chi connectivity index (χ0) is 22.0. The molecule has 0 N–H and O–H groups in total. The minimum atomic E-state index is 0.623. The molecule has 4 nitrogen and oxygen atoms in total. The van der Waals surface area contributed by atoms with Gasteiger partial charge in [0, 0.05) is 22.3 Å². The molecule has 6 rings (SSSR count). The molecule has 0 aliphatic carbocycles. The molecule has 2 aromatic heterocycles. The standard InChI is InChI=1S/C28H18N4S/c1-4-11-19(12-5-1)25-30-26(20-13-6-2-7-14-20)32-27(31-25)22-17-10-18-23-24(22)29-28(33-23)21-15-8-3-9-16-21/h1-18H. The number of thiazole rings is 1. The molecule has 0 radical (unpaired) electrons. The van der Waals surface area contributed by atoms with Crippen molar-refractivity contribution < 1.29 is 0 Å². The minimum Gasteiger partial charge on any atom is -0.235 e. The molecule has 33 heavy (non-hydrogen) atoms. The van der Waals surface area contributed by atoms with Crippen LogP contribution in [0.25, 0.3) is 55.0 Å². The zero-order valence-electron chi connectivity index (χ0n) is 17.6. The van der Waals surface area contributed by atoms with Crippen LogP contribution in [0.3, 0.4) is 0 Å². The summed E-state index contributed by atoms with van der Waals surface area (Å²) in [5.74, 6) is 1.92. The molecular formula is C28H18N4S. The van der Waals surface area contributed by atoms with E-state index in [4.69, 9.17) is 19.9 Å². The fourth-order valence-electron chi connectivity index (χ4n) is 3.76. The van der Waals surface area contributed by atoms with Gasteiger partial charge in [-0.2, -0.15) is 0 Å². The Labute approximate surface area is 195 Å². The summed E-state index contributed by atoms with van der Waals surface area (Å²) in [4.78, 5) is 19.5. The van der Waals surface area contributed by atoms with Crippen molar-refractivity contribution in [2.45, 2.75) is 0 Å². The molecule has 0 bridgehead atoms. The third kappa shape index (κ3) is 3.79. The van der Waals surface area contributed by atoms with E-state index in [-0.39, 0.29) is 0 Å². The smallest absolute Gasteiger partial charge is 0.166 e. The molecule has 0 aliphatic rings. The van der Waals surface area contributed by atoms with Gasteiger partial charge in [0.2, 0.25) is 0 Å². The normalized spacial score (nSPS) is 11.0. The van der Waals surface area contributed by atoms with E-state index in [0.717, 1.165) is 37.5 Å². The first-order chi connectivity index (χ1) is 16.3. The molecule has 5 heteroatoms. The summed E-state index contributed by atoms with van der Waals surface area (Å²) in [6.45, 7) is 0. The molecule has 0 amide bonds. The topological polar surface area (TPSA) is 51.6 Å². The van der Waals surface area contributed by atoms with Crippen molar-refractivity contribution in [3.05, 3.63) is 109 Å². The van der Waals surface area contributed by atoms with Crippen LogP contribution in [0.15, 0.2) is 109 Å². The number of aromatic nitrogens is 4. The third-order valence-corrected chi connectivity index (χ3v) is 6.45. The Balaban J connectivity index is 1.56. The number of nitrogens with zero attached hydrogens (tertiary/aromatic N) is 4. The molecule has 0 spiro atoms. The lowest BCUT2D eigenvalue weighted by atomic mass is 10.1. The van der Waals surface area contributed by atoms with Crippen molar-refractivity contribution in [2.75, 3.05) is 0 Å². The number of hydrogen-bond donors (Lipinski definition) is 0. The Bertz CT molecular complexity index is 1490. The van der Waals surface area contributed by atoms with Crippen LogP contribution in [-0.4, -0.2) is 19.9 Å². The predicted molar refractivity (Wildman–Crippen MR) is 135 cm³/mol. The summed E-state index contributed by atoms with van der Waals surface area (Å²) < 4.78 is 1.11. The molecule has 0 aliphatic heterocycles. The van der Waals surface area contributed by atoms with Crippen LogP contribution in [0.1, 0.15) is 0 Å². The van der Waals surface area contributed by atoms with Crippen molar-refractivity contribution in [3.8, 4) is 44.7 Å². The van der Waals surface area contributed by atoms with Gasteiger partial charge in [-0.3, -0.25) is 0 Å². The predicted octanol–water partition coefficient (Wildman–Crippen LogP) is 7.15. The Morgan fingerprint density at radius 2 is 0.939 bits per heavy atom. The van der Waals surface area contributed by atoms with E-state index in [0.29, 0.717) is 17.5 Å². The summed E-state index contributed by atoms with van der Waals surface area (Å²) in [6.07, 6.45) is 0. The molecule has 0 atom stereocenters. The van der Waals surface area contributed by atoms with Crippen molar-refractivity contribution >= 4 is 21.6 Å². The fourth-order valence-corrected chi connectivity index (χ4v) is 4.76. The van der Waals surface area contributed by atoms with Gasteiger partial charge >= 0.3 is 0 Å². The Hall–Kier alpha value is -4.22. The lowest BCUT2D eigenvalue weighted by molar-refractivity contribution is 1.08. The first-order valence-electron chi connectivity index (χ1n) is 10.7. The molecule has 2 heterocycles. The van der Waals surface area contributed by atoms with Crippen LogP contribution in [0.4, 0.5) is 0 Å². The highest BCUT2D eigenvalue weighted by Crippen LogP contribution is 2.35. The van der Waals surface area contributed by atoms with Gasteiger partial charge in [-0.25, -0.2) is 19.9 Å². The summed E-state index contributed by atoms with van der Waals surface area (Å²) >= 11 is 1.68. The highest BCUT2D eigenvalue weighted by Gasteiger charge is 2.16. The minimum absolute atomic E-state index is 0.623. The van der Waals surface area contributed by atoms with Gasteiger partial charge in [-0.15, -0.1) is 11.3 Å². The van der Waals surface area contributed by atoms with Gasteiger partial charge < -0.3 is 0 Å². The number of rotatable bonds is 4. The third-order valence-electron chi connectivity index (χ3n) is 5.38. The Morgan fingerprint density at radius 1 is 0.424 bits per heavy atom. The van der Waals surface area contributed by atoms with Gasteiger partial charge in [-0.05, 0) is 12.1 Å². The number of fused-ring (bicyclic) bond motifs is 1. The molecule has 0 unspecified atom stereocenters. The monoisotopic (exact) mass is 442 g/mol. The van der Waals surface area contributed by atoms with Gasteiger partial charge in [-0.1, -0.05) is 97.1 Å². The maximum atomic E-state index is 4.98. The fraction of sp³-hybridized carbons (Fsp3) is 0. The molecule has 156 valence electrons. The molecule has 4 aromatic carbocycles. The van der Waals surface area contributed by atoms with E-state index in [9.17, 15) is 0 Å². The molecule has 0 saturated carbocycles. The highest BCUT2D eigenvalue weighted by atomic mass is 32.1. The summed E-state index contributed by atoms with van der Waals surface area (Å²) in [5.41, 5.74) is 4.83. The lowest BCUT2D eigenvalue weighted by Gasteiger charge is -2.08. The summed E-state index contributed by atoms with van der Waals surface area (Å²) in [5, 5.41) is 0.985. The van der Waals surface area contributed by atoms with Crippen molar-refractivity contribution in [2.24, 2.45) is 0 Å². The average molecular weight is 443 g/mol. The largest absolute Gasteiger partial charge is 0.235 e. The van der Waals surface area contributed by atoms with Gasteiger partial charge in [0.05, 0.1) is 10.2 Å². The lowest BCUT2D eigenvalue weighted by Crippen LogP contribution is -2.00. The molecular weight excluding hydrogens is 424 g/mol. The highest BCUT2D eigenvalue weighted by molar-refractivity contribution is 7.21. The van der Waals surface area contributed by atoms with Crippen LogP contribution < -0.4 is 0 Å². The summed E-state index contributed by atoms with van der Waals surface area (Å²) in [7, 11) is 0. The van der Waals surface area contributed by atoms with Crippen LogP contribution in [-0.2, 0) is 0 Å². The average Bonchev–Trinajstić information content (AvgIpc) is 3.35. The SMILES string of the molecule is c1ccc(-c2nc(-c3ccccc3)nc(-c3cccc4sc(-c5ccccc5)nc34)n2)cc1. The van der Waals surface area contributed by atoms with Crippen molar-refractivity contribution in [1.29, 1.82) is 0 Å². The van der Waals surface area contributed by atoms with Gasteiger partial charge in [0.15, 0.2) is 17.5 Å². The van der Waals surface area contributed by atoms with Crippen LogP contribution in [0, 0.1) is 0 Å². The Kier molecular flexibility index (Phi) is 4.94. The Morgan fingerprint density at radius 3 is 1.52 bits per heavy atom. The first kappa shape index (κ1) is 19.5. The molecule has 0 saturated heterocycles. The van der Waals surface area contributed by atoms with Crippen LogP contribution in [0.2, 0.25) is 0 Å². The number of para-hydroxylation sites is 1. The van der Waals surface area contributed by atoms with Gasteiger partial charge in [0.25, 0.3) is 0 Å². The number of benzene rings is 4. The zero-order valence-corrected chi connectivity index (χ0v) is 18.4.